The highest BCUT2D eigenvalue weighted by Crippen LogP contribution is 2.12. The lowest BCUT2D eigenvalue weighted by molar-refractivity contribution is -0.138. The van der Waals surface area contributed by atoms with Crippen molar-refractivity contribution in [2.24, 2.45) is 0 Å². The highest BCUT2D eigenvalue weighted by atomic mass is 16.5. The lowest BCUT2D eigenvalue weighted by Gasteiger charge is -2.11. The number of carbonyl (C=O) groups is 2. The Morgan fingerprint density at radius 2 is 2.44 bits per heavy atom. The first-order chi connectivity index (χ1) is 7.72. The van der Waals surface area contributed by atoms with Crippen LogP contribution in [-0.2, 0) is 16.1 Å². The van der Waals surface area contributed by atoms with Gasteiger partial charge in [-0.2, -0.15) is 4.98 Å². The molecule has 2 amide bonds. The van der Waals surface area contributed by atoms with Gasteiger partial charge in [0.2, 0.25) is 18.2 Å². The van der Waals surface area contributed by atoms with Gasteiger partial charge < -0.3 is 4.52 Å². The summed E-state index contributed by atoms with van der Waals surface area (Å²) in [6.45, 7) is 2.51. The molecule has 1 atom stereocenters. The van der Waals surface area contributed by atoms with Gasteiger partial charge in [0.1, 0.15) is 0 Å². The quantitative estimate of drug-likeness (QED) is 0.681. The Bertz CT molecular complexity index is 389. The van der Waals surface area contributed by atoms with Crippen LogP contribution in [0.15, 0.2) is 10.9 Å². The van der Waals surface area contributed by atoms with Crippen LogP contribution < -0.4 is 5.32 Å². The van der Waals surface area contributed by atoms with E-state index >= 15 is 0 Å². The van der Waals surface area contributed by atoms with Gasteiger partial charge in [0.25, 0.3) is 0 Å². The van der Waals surface area contributed by atoms with E-state index in [-0.39, 0.29) is 18.2 Å². The number of aromatic nitrogens is 2. The van der Waals surface area contributed by atoms with Crippen LogP contribution in [0.1, 0.15) is 19.2 Å². The molecule has 1 aromatic rings. The molecule has 1 saturated heterocycles. The molecule has 0 aliphatic carbocycles. The second kappa shape index (κ2) is 4.40. The van der Waals surface area contributed by atoms with Crippen molar-refractivity contribution in [3.8, 4) is 0 Å². The Hall–Kier alpha value is -1.76. The highest BCUT2D eigenvalue weighted by molar-refractivity contribution is 6.05. The fourth-order valence-electron chi connectivity index (χ4n) is 1.66. The van der Waals surface area contributed by atoms with Crippen LogP contribution in [-0.4, -0.2) is 39.4 Å². The Balaban J connectivity index is 1.92. The second-order valence-corrected chi connectivity index (χ2v) is 3.46. The third-order valence-electron chi connectivity index (χ3n) is 2.47. The Morgan fingerprint density at radius 3 is 3.00 bits per heavy atom. The van der Waals surface area contributed by atoms with Gasteiger partial charge in [0.15, 0.2) is 5.82 Å². The van der Waals surface area contributed by atoms with Crippen LogP contribution in [0.4, 0.5) is 0 Å². The van der Waals surface area contributed by atoms with E-state index in [2.05, 4.69) is 20.0 Å². The summed E-state index contributed by atoms with van der Waals surface area (Å²) in [6.07, 6.45) is 1.42. The summed E-state index contributed by atoms with van der Waals surface area (Å²) in [7, 11) is 0. The van der Waals surface area contributed by atoms with Gasteiger partial charge in [-0.05, 0) is 6.92 Å². The minimum atomic E-state index is -0.467. The first kappa shape index (κ1) is 10.7. The number of rotatable bonds is 4. The first-order valence-electron chi connectivity index (χ1n) is 5.05. The molecule has 2 heterocycles. The number of amides is 2. The Kier molecular flexibility index (Phi) is 2.95. The molecule has 0 radical (unpaired) electrons. The summed E-state index contributed by atoms with van der Waals surface area (Å²) < 4.78 is 4.56. The molecule has 1 N–H and O–H groups in total. The lowest BCUT2D eigenvalue weighted by atomic mass is 10.2. The van der Waals surface area contributed by atoms with Crippen LogP contribution in [0.25, 0.3) is 0 Å². The zero-order valence-electron chi connectivity index (χ0n) is 8.84. The Morgan fingerprint density at radius 1 is 1.62 bits per heavy atom. The van der Waals surface area contributed by atoms with E-state index < -0.39 is 6.04 Å². The van der Waals surface area contributed by atoms with Gasteiger partial charge in [-0.3, -0.25) is 19.8 Å². The van der Waals surface area contributed by atoms with Crippen molar-refractivity contribution in [1.29, 1.82) is 0 Å². The number of hydrogen-bond donors (Lipinski definition) is 1. The van der Waals surface area contributed by atoms with E-state index in [0.717, 1.165) is 0 Å². The zero-order chi connectivity index (χ0) is 11.5. The van der Waals surface area contributed by atoms with Crippen molar-refractivity contribution in [2.75, 3.05) is 6.54 Å². The van der Waals surface area contributed by atoms with Gasteiger partial charge in [-0.1, -0.05) is 5.16 Å². The van der Waals surface area contributed by atoms with E-state index in [1.807, 2.05) is 0 Å². The predicted octanol–water partition coefficient (Wildman–Crippen LogP) is -0.693. The van der Waals surface area contributed by atoms with Crippen LogP contribution in [0.5, 0.6) is 0 Å². The van der Waals surface area contributed by atoms with Gasteiger partial charge >= 0.3 is 0 Å². The summed E-state index contributed by atoms with van der Waals surface area (Å²) in [5.74, 6) is 0.143. The second-order valence-electron chi connectivity index (χ2n) is 3.46. The van der Waals surface area contributed by atoms with Gasteiger partial charge in [-0.15, -0.1) is 0 Å². The normalized spacial score (nSPS) is 20.8. The average molecular weight is 224 g/mol. The first-order valence-corrected chi connectivity index (χ1v) is 5.05. The van der Waals surface area contributed by atoms with Crippen LogP contribution in [0.3, 0.4) is 0 Å². The van der Waals surface area contributed by atoms with Gasteiger partial charge in [0.05, 0.1) is 19.0 Å². The van der Waals surface area contributed by atoms with Crippen LogP contribution >= 0.6 is 0 Å². The smallest absolute Gasteiger partial charge is 0.246 e. The minimum Gasteiger partial charge on any atom is -0.343 e. The van der Waals surface area contributed by atoms with E-state index in [0.29, 0.717) is 18.9 Å². The number of likely N-dealkylation sites (tertiary alicyclic amines) is 1. The van der Waals surface area contributed by atoms with Crippen LogP contribution in [0, 0.1) is 0 Å². The molecule has 1 aliphatic rings. The molecule has 1 unspecified atom stereocenters. The van der Waals surface area contributed by atoms with Crippen molar-refractivity contribution in [1.82, 2.24) is 20.4 Å². The fraction of sp³-hybridized carbons (Fsp3) is 0.556. The van der Waals surface area contributed by atoms with E-state index in [1.54, 1.807) is 6.92 Å². The zero-order valence-corrected chi connectivity index (χ0v) is 8.84. The number of likely N-dealkylation sites (N-methyl/N-ethyl adjacent to an activating group) is 1. The van der Waals surface area contributed by atoms with Crippen molar-refractivity contribution in [3.05, 3.63) is 12.2 Å². The molecule has 1 aromatic heterocycles. The van der Waals surface area contributed by atoms with Crippen molar-refractivity contribution < 1.29 is 14.1 Å². The molecule has 86 valence electrons. The topological polar surface area (TPSA) is 88.3 Å². The van der Waals surface area contributed by atoms with Gasteiger partial charge in [-0.25, -0.2) is 0 Å². The maximum atomic E-state index is 11.7. The molecule has 0 saturated carbocycles. The third kappa shape index (κ3) is 1.94. The molecule has 0 bridgehead atoms. The third-order valence-corrected chi connectivity index (χ3v) is 2.47. The monoisotopic (exact) mass is 224 g/mol. The summed E-state index contributed by atoms with van der Waals surface area (Å²) in [5, 5.41) is 6.53. The van der Waals surface area contributed by atoms with Crippen molar-refractivity contribution in [3.63, 3.8) is 0 Å². The predicted molar refractivity (Wildman–Crippen MR) is 51.9 cm³/mol. The largest absolute Gasteiger partial charge is 0.343 e. The summed E-state index contributed by atoms with van der Waals surface area (Å²) in [5.41, 5.74) is 0. The standard InChI is InChI=1S/C9H12N4O3/c1-2-13-8(14)3-6(9(13)15)10-4-7-11-5-16-12-7/h5-6,10H,2-4H2,1H3. The average Bonchev–Trinajstić information content (AvgIpc) is 2.85. The molecule has 7 heteroatoms. The van der Waals surface area contributed by atoms with Crippen molar-refractivity contribution in [2.45, 2.75) is 25.9 Å². The van der Waals surface area contributed by atoms with Gasteiger partial charge in [0, 0.05) is 6.54 Å². The molecular weight excluding hydrogens is 212 g/mol. The number of nitrogens with one attached hydrogen (secondary N) is 1. The fourth-order valence-corrected chi connectivity index (χ4v) is 1.66. The highest BCUT2D eigenvalue weighted by Gasteiger charge is 2.37. The number of imide groups is 1. The SMILES string of the molecule is CCN1C(=O)CC(NCc2ncon2)C1=O. The minimum absolute atomic E-state index is 0.141. The number of hydrogen-bond acceptors (Lipinski definition) is 6. The van der Waals surface area contributed by atoms with E-state index in [1.165, 1.54) is 11.3 Å². The molecule has 0 aromatic carbocycles. The van der Waals surface area contributed by atoms with Crippen LogP contribution in [0.2, 0.25) is 0 Å². The summed E-state index contributed by atoms with van der Waals surface area (Å²) in [6, 6.07) is -0.467. The molecule has 1 fully saturated rings. The molecule has 1 aliphatic heterocycles. The molecule has 0 spiro atoms. The summed E-state index contributed by atoms with van der Waals surface area (Å²) >= 11 is 0. The number of nitrogens with zero attached hydrogens (tertiary/aromatic N) is 3. The molecular formula is C9H12N4O3. The molecule has 7 nitrogen and oxygen atoms in total. The maximum absolute atomic E-state index is 11.7. The van der Waals surface area contributed by atoms with Crippen molar-refractivity contribution >= 4 is 11.8 Å². The molecule has 2 rings (SSSR count). The Labute approximate surface area is 91.8 Å². The molecule has 16 heavy (non-hydrogen) atoms. The number of carbonyl (C=O) groups excluding carboxylic acids is 2. The maximum Gasteiger partial charge on any atom is 0.246 e. The lowest BCUT2D eigenvalue weighted by Crippen LogP contribution is -2.38. The van der Waals surface area contributed by atoms with E-state index in [4.69, 9.17) is 0 Å². The summed E-state index contributed by atoms with van der Waals surface area (Å²) in [4.78, 5) is 28.1. The van der Waals surface area contributed by atoms with E-state index in [9.17, 15) is 9.59 Å².